The van der Waals surface area contributed by atoms with E-state index < -0.39 is 0 Å². The number of hydrogen-bond donors (Lipinski definition) is 1. The van der Waals surface area contributed by atoms with Crippen molar-refractivity contribution in [3.8, 4) is 12.3 Å². The molecule has 0 aromatic carbocycles. The van der Waals surface area contributed by atoms with E-state index in [0.29, 0.717) is 6.42 Å². The van der Waals surface area contributed by atoms with Gasteiger partial charge in [0.15, 0.2) is 0 Å². The predicted molar refractivity (Wildman–Crippen MR) is 52.1 cm³/mol. The number of rotatable bonds is 5. The molecule has 0 saturated heterocycles. The fourth-order valence-electron chi connectivity index (χ4n) is 1.02. The zero-order chi connectivity index (χ0) is 10.3. The fourth-order valence-corrected chi connectivity index (χ4v) is 1.02. The highest BCUT2D eigenvalue weighted by Crippen LogP contribution is 1.98. The highest BCUT2D eigenvalue weighted by molar-refractivity contribution is 5.75. The Morgan fingerprint density at radius 3 is 2.46 bits per heavy atom. The molecule has 13 heavy (non-hydrogen) atoms. The second-order valence-corrected chi connectivity index (χ2v) is 2.78. The van der Waals surface area contributed by atoms with Crippen molar-refractivity contribution in [3.05, 3.63) is 0 Å². The van der Waals surface area contributed by atoms with Gasteiger partial charge in [0.1, 0.15) is 6.04 Å². The summed E-state index contributed by atoms with van der Waals surface area (Å²) in [5, 5.41) is 3.04. The van der Waals surface area contributed by atoms with Gasteiger partial charge in [-0.25, -0.2) is 0 Å². The summed E-state index contributed by atoms with van der Waals surface area (Å²) in [6, 6.07) is -0.338. The normalized spacial score (nSPS) is 14.3. The number of esters is 1. The van der Waals surface area contributed by atoms with Crippen molar-refractivity contribution < 1.29 is 9.53 Å². The van der Waals surface area contributed by atoms with Crippen LogP contribution in [0, 0.1) is 12.3 Å². The Labute approximate surface area is 79.8 Å². The zero-order valence-corrected chi connectivity index (χ0v) is 8.46. The van der Waals surface area contributed by atoms with Crippen LogP contribution in [0.15, 0.2) is 0 Å². The van der Waals surface area contributed by atoms with Crippen LogP contribution in [0.5, 0.6) is 0 Å². The molecule has 0 bridgehead atoms. The number of methoxy groups -OCH3 is 1. The van der Waals surface area contributed by atoms with Crippen molar-refractivity contribution in [1.82, 2.24) is 5.32 Å². The van der Waals surface area contributed by atoms with Crippen molar-refractivity contribution in [3.63, 3.8) is 0 Å². The fraction of sp³-hybridized carbons (Fsp3) is 0.700. The summed E-state index contributed by atoms with van der Waals surface area (Å²) in [7, 11) is 1.38. The topological polar surface area (TPSA) is 38.3 Å². The van der Waals surface area contributed by atoms with E-state index in [4.69, 9.17) is 6.42 Å². The van der Waals surface area contributed by atoms with Gasteiger partial charge in [-0.15, -0.1) is 6.42 Å². The number of nitrogens with one attached hydrogen (secondary N) is 1. The summed E-state index contributed by atoms with van der Waals surface area (Å²) < 4.78 is 4.62. The Bertz CT molecular complexity index is 196. The van der Waals surface area contributed by atoms with Gasteiger partial charge < -0.3 is 4.74 Å². The molecule has 0 rings (SSSR count). The maximum atomic E-state index is 11.2. The SMILES string of the molecule is C#CC(CC)NC(CC)C(=O)OC. The minimum Gasteiger partial charge on any atom is -0.468 e. The van der Waals surface area contributed by atoms with E-state index in [1.807, 2.05) is 13.8 Å². The first-order valence-electron chi connectivity index (χ1n) is 4.49. The summed E-state index contributed by atoms with van der Waals surface area (Å²) in [4.78, 5) is 11.2. The maximum Gasteiger partial charge on any atom is 0.322 e. The van der Waals surface area contributed by atoms with E-state index in [9.17, 15) is 4.79 Å². The third-order valence-electron chi connectivity index (χ3n) is 1.91. The van der Waals surface area contributed by atoms with Crippen LogP contribution in [-0.4, -0.2) is 25.2 Å². The molecular weight excluding hydrogens is 166 g/mol. The van der Waals surface area contributed by atoms with Gasteiger partial charge in [0.2, 0.25) is 0 Å². The number of terminal acetylenes is 1. The molecule has 2 unspecified atom stereocenters. The van der Waals surface area contributed by atoms with E-state index in [1.54, 1.807) is 0 Å². The van der Waals surface area contributed by atoms with E-state index >= 15 is 0 Å². The smallest absolute Gasteiger partial charge is 0.322 e. The Balaban J connectivity index is 4.12. The minimum absolute atomic E-state index is 0.0518. The van der Waals surface area contributed by atoms with E-state index in [2.05, 4.69) is 16.0 Å². The molecule has 0 spiro atoms. The molecule has 0 saturated carbocycles. The highest BCUT2D eigenvalue weighted by atomic mass is 16.5. The summed E-state index contributed by atoms with van der Waals surface area (Å²) in [6.45, 7) is 3.89. The second kappa shape index (κ2) is 6.50. The van der Waals surface area contributed by atoms with Crippen LogP contribution in [0.25, 0.3) is 0 Å². The summed E-state index contributed by atoms with van der Waals surface area (Å²) in [5.41, 5.74) is 0. The first-order chi connectivity index (χ1) is 6.19. The predicted octanol–water partition coefficient (Wildman–Crippen LogP) is 0.939. The van der Waals surface area contributed by atoms with Gasteiger partial charge in [0.05, 0.1) is 13.2 Å². The Hall–Kier alpha value is -1.01. The Morgan fingerprint density at radius 1 is 1.54 bits per heavy atom. The van der Waals surface area contributed by atoms with Crippen LogP contribution in [0.1, 0.15) is 26.7 Å². The second-order valence-electron chi connectivity index (χ2n) is 2.78. The van der Waals surface area contributed by atoms with Crippen LogP contribution in [-0.2, 0) is 9.53 Å². The van der Waals surface area contributed by atoms with Crippen LogP contribution in [0.4, 0.5) is 0 Å². The molecular formula is C10H17NO2. The standard InChI is InChI=1S/C10H17NO2/c1-5-8(6-2)11-9(7-3)10(12)13-4/h1,8-9,11H,6-7H2,2-4H3. The molecule has 0 fully saturated rings. The molecule has 0 radical (unpaired) electrons. The van der Waals surface area contributed by atoms with Gasteiger partial charge >= 0.3 is 5.97 Å². The van der Waals surface area contributed by atoms with Gasteiger partial charge in [0, 0.05) is 0 Å². The van der Waals surface area contributed by atoms with Crippen molar-refractivity contribution in [2.75, 3.05) is 7.11 Å². The lowest BCUT2D eigenvalue weighted by Crippen LogP contribution is -2.42. The van der Waals surface area contributed by atoms with Crippen molar-refractivity contribution in [2.24, 2.45) is 0 Å². The van der Waals surface area contributed by atoms with Gasteiger partial charge in [-0.05, 0) is 12.8 Å². The average molecular weight is 183 g/mol. The summed E-state index contributed by atoms with van der Waals surface area (Å²) in [5.74, 6) is 2.32. The quantitative estimate of drug-likeness (QED) is 0.509. The number of hydrogen-bond acceptors (Lipinski definition) is 3. The molecule has 0 amide bonds. The molecule has 0 heterocycles. The van der Waals surface area contributed by atoms with Crippen molar-refractivity contribution in [1.29, 1.82) is 0 Å². The lowest BCUT2D eigenvalue weighted by atomic mass is 10.1. The number of ether oxygens (including phenoxy) is 1. The minimum atomic E-state index is -0.286. The average Bonchev–Trinajstić information content (AvgIpc) is 2.19. The number of carbonyl (C=O) groups is 1. The van der Waals surface area contributed by atoms with Gasteiger partial charge in [-0.2, -0.15) is 0 Å². The summed E-state index contributed by atoms with van der Waals surface area (Å²) in [6.07, 6.45) is 6.76. The first kappa shape index (κ1) is 12.0. The lowest BCUT2D eigenvalue weighted by molar-refractivity contribution is -0.143. The van der Waals surface area contributed by atoms with E-state index in [1.165, 1.54) is 7.11 Å². The molecule has 0 aromatic heterocycles. The van der Waals surface area contributed by atoms with Gasteiger partial charge in [-0.3, -0.25) is 10.1 Å². The molecule has 0 aliphatic rings. The summed E-state index contributed by atoms with van der Waals surface area (Å²) >= 11 is 0. The monoisotopic (exact) mass is 183 g/mol. The van der Waals surface area contributed by atoms with Crippen LogP contribution < -0.4 is 5.32 Å². The zero-order valence-electron chi connectivity index (χ0n) is 8.46. The van der Waals surface area contributed by atoms with Crippen molar-refractivity contribution in [2.45, 2.75) is 38.8 Å². The molecule has 0 aromatic rings. The molecule has 3 nitrogen and oxygen atoms in total. The maximum absolute atomic E-state index is 11.2. The molecule has 74 valence electrons. The van der Waals surface area contributed by atoms with Gasteiger partial charge in [-0.1, -0.05) is 19.8 Å². The van der Waals surface area contributed by atoms with E-state index in [-0.39, 0.29) is 18.1 Å². The first-order valence-corrected chi connectivity index (χ1v) is 4.49. The molecule has 0 aliphatic heterocycles. The lowest BCUT2D eigenvalue weighted by Gasteiger charge is -2.18. The van der Waals surface area contributed by atoms with Crippen molar-refractivity contribution >= 4 is 5.97 Å². The van der Waals surface area contributed by atoms with E-state index in [0.717, 1.165) is 6.42 Å². The van der Waals surface area contributed by atoms with Crippen LogP contribution in [0.2, 0.25) is 0 Å². The molecule has 1 N–H and O–H groups in total. The Kier molecular flexibility index (Phi) is 5.99. The Morgan fingerprint density at radius 2 is 2.15 bits per heavy atom. The van der Waals surface area contributed by atoms with Crippen LogP contribution >= 0.6 is 0 Å². The largest absolute Gasteiger partial charge is 0.468 e. The third-order valence-corrected chi connectivity index (χ3v) is 1.91. The number of carbonyl (C=O) groups excluding carboxylic acids is 1. The molecule has 3 heteroatoms. The molecule has 2 atom stereocenters. The highest BCUT2D eigenvalue weighted by Gasteiger charge is 2.18. The molecule has 0 aliphatic carbocycles. The third kappa shape index (κ3) is 3.95. The van der Waals surface area contributed by atoms with Gasteiger partial charge in [0.25, 0.3) is 0 Å². The van der Waals surface area contributed by atoms with Crippen LogP contribution in [0.3, 0.4) is 0 Å².